The van der Waals surface area contributed by atoms with Gasteiger partial charge < -0.3 is 4.90 Å². The van der Waals surface area contributed by atoms with E-state index < -0.39 is 33.6 Å². The lowest BCUT2D eigenvalue weighted by Crippen LogP contribution is -2.50. The van der Waals surface area contributed by atoms with E-state index in [2.05, 4.69) is 0 Å². The average Bonchev–Trinajstić information content (AvgIpc) is 2.62. The Balaban J connectivity index is 1.99. The molecule has 0 unspecified atom stereocenters. The summed E-state index contributed by atoms with van der Waals surface area (Å²) in [6.07, 6.45) is 2.54. The summed E-state index contributed by atoms with van der Waals surface area (Å²) in [7, 11) is -3.91. The highest BCUT2D eigenvalue weighted by atomic mass is 32.2. The number of rotatable bonds is 4. The van der Waals surface area contributed by atoms with Crippen LogP contribution in [0.25, 0.3) is 0 Å². The van der Waals surface area contributed by atoms with Crippen molar-refractivity contribution >= 4 is 27.3 Å². The van der Waals surface area contributed by atoms with Crippen molar-refractivity contribution in [3.05, 3.63) is 59.7 Å². The summed E-state index contributed by atoms with van der Waals surface area (Å²) in [5.41, 5.74) is 1.67. The van der Waals surface area contributed by atoms with Crippen molar-refractivity contribution in [2.45, 2.75) is 25.8 Å². The van der Waals surface area contributed by atoms with Crippen LogP contribution in [0.2, 0.25) is 0 Å². The molecule has 0 fully saturated rings. The molecule has 0 saturated heterocycles. The second-order valence-corrected chi connectivity index (χ2v) is 8.41. The van der Waals surface area contributed by atoms with Crippen LogP contribution in [-0.2, 0) is 21.2 Å². The molecule has 144 valence electrons. The molecule has 1 aliphatic heterocycles. The normalized spacial score (nSPS) is 15.2. The van der Waals surface area contributed by atoms with Crippen molar-refractivity contribution in [2.75, 3.05) is 22.0 Å². The first-order chi connectivity index (χ1) is 12.7. The second kappa shape index (κ2) is 7.26. The molecule has 0 spiro atoms. The highest BCUT2D eigenvalue weighted by Crippen LogP contribution is 2.29. The molecule has 0 aromatic heterocycles. The van der Waals surface area contributed by atoms with E-state index in [0.717, 1.165) is 52.9 Å². The Labute approximate surface area is 157 Å². The standard InChI is InChI=1S/C19H20F2N2O3S/c1-13(19(24)22-11-5-7-14-6-3-4-8-18(14)22)23(27(2,25)26)15-9-10-16(20)17(21)12-15/h3-4,6,8-10,12-13H,5,7,11H2,1-2H3/t13-/m0/s1. The summed E-state index contributed by atoms with van der Waals surface area (Å²) in [6, 6.07) is 9.12. The van der Waals surface area contributed by atoms with Crippen LogP contribution in [0.1, 0.15) is 18.9 Å². The van der Waals surface area contributed by atoms with Crippen molar-refractivity contribution < 1.29 is 22.0 Å². The van der Waals surface area contributed by atoms with Crippen molar-refractivity contribution in [3.63, 3.8) is 0 Å². The van der Waals surface area contributed by atoms with E-state index in [1.807, 2.05) is 24.3 Å². The van der Waals surface area contributed by atoms with Crippen molar-refractivity contribution in [1.82, 2.24) is 0 Å². The maximum absolute atomic E-state index is 13.7. The van der Waals surface area contributed by atoms with Crippen LogP contribution in [0.15, 0.2) is 42.5 Å². The Morgan fingerprint density at radius 1 is 1.15 bits per heavy atom. The summed E-state index contributed by atoms with van der Waals surface area (Å²) < 4.78 is 52.4. The lowest BCUT2D eigenvalue weighted by Gasteiger charge is -2.35. The van der Waals surface area contributed by atoms with Crippen LogP contribution < -0.4 is 9.21 Å². The minimum atomic E-state index is -3.91. The fourth-order valence-corrected chi connectivity index (χ4v) is 4.57. The minimum absolute atomic E-state index is 0.0949. The molecular formula is C19H20F2N2O3S. The molecular weight excluding hydrogens is 374 g/mol. The maximum Gasteiger partial charge on any atom is 0.250 e. The Morgan fingerprint density at radius 3 is 2.52 bits per heavy atom. The van der Waals surface area contributed by atoms with Gasteiger partial charge in [0.15, 0.2) is 11.6 Å². The number of sulfonamides is 1. The second-order valence-electron chi connectivity index (χ2n) is 6.56. The molecule has 0 aliphatic carbocycles. The van der Waals surface area contributed by atoms with E-state index in [9.17, 15) is 22.0 Å². The van der Waals surface area contributed by atoms with Gasteiger partial charge in [0.2, 0.25) is 10.0 Å². The van der Waals surface area contributed by atoms with E-state index in [1.165, 1.54) is 6.92 Å². The van der Waals surface area contributed by atoms with Gasteiger partial charge in [-0.15, -0.1) is 0 Å². The van der Waals surface area contributed by atoms with Crippen LogP contribution in [-0.4, -0.2) is 33.2 Å². The number of hydrogen-bond acceptors (Lipinski definition) is 3. The summed E-state index contributed by atoms with van der Waals surface area (Å²) >= 11 is 0. The van der Waals surface area contributed by atoms with Gasteiger partial charge in [0.05, 0.1) is 11.9 Å². The number of anilines is 2. The van der Waals surface area contributed by atoms with E-state index in [0.29, 0.717) is 6.54 Å². The molecule has 2 aromatic carbocycles. The molecule has 0 N–H and O–H groups in total. The first-order valence-electron chi connectivity index (χ1n) is 8.54. The minimum Gasteiger partial charge on any atom is -0.310 e. The lowest BCUT2D eigenvalue weighted by molar-refractivity contribution is -0.119. The van der Waals surface area contributed by atoms with Gasteiger partial charge in [-0.3, -0.25) is 9.10 Å². The number of halogens is 2. The molecule has 1 atom stereocenters. The molecule has 8 heteroatoms. The maximum atomic E-state index is 13.7. The predicted molar refractivity (Wildman–Crippen MR) is 100 cm³/mol. The van der Waals surface area contributed by atoms with Crippen LogP contribution in [0, 0.1) is 11.6 Å². The van der Waals surface area contributed by atoms with Crippen molar-refractivity contribution in [2.24, 2.45) is 0 Å². The topological polar surface area (TPSA) is 57.7 Å². The van der Waals surface area contributed by atoms with Crippen LogP contribution in [0.5, 0.6) is 0 Å². The third-order valence-electron chi connectivity index (χ3n) is 4.60. The third kappa shape index (κ3) is 3.80. The first kappa shape index (κ1) is 19.3. The molecule has 1 amide bonds. The van der Waals surface area contributed by atoms with Gasteiger partial charge in [-0.2, -0.15) is 0 Å². The average molecular weight is 394 g/mol. The zero-order chi connectivity index (χ0) is 19.8. The number of amides is 1. The quantitative estimate of drug-likeness (QED) is 0.801. The van der Waals surface area contributed by atoms with Crippen LogP contribution >= 0.6 is 0 Å². The van der Waals surface area contributed by atoms with Gasteiger partial charge in [0.1, 0.15) is 6.04 Å². The summed E-state index contributed by atoms with van der Waals surface area (Å²) in [5.74, 6) is -2.68. The Kier molecular flexibility index (Phi) is 5.19. The van der Waals surface area contributed by atoms with Gasteiger partial charge in [-0.05, 0) is 43.5 Å². The number of benzene rings is 2. The number of nitrogens with zero attached hydrogens (tertiary/aromatic N) is 2. The summed E-state index contributed by atoms with van der Waals surface area (Å²) in [4.78, 5) is 14.7. The highest BCUT2D eigenvalue weighted by molar-refractivity contribution is 7.92. The molecule has 1 aliphatic rings. The smallest absolute Gasteiger partial charge is 0.250 e. The zero-order valence-corrected chi connectivity index (χ0v) is 15.8. The fourth-order valence-electron chi connectivity index (χ4n) is 3.41. The summed E-state index contributed by atoms with van der Waals surface area (Å²) in [6.45, 7) is 1.91. The number of fused-ring (bicyclic) bond motifs is 1. The highest BCUT2D eigenvalue weighted by Gasteiger charge is 2.34. The number of aryl methyl sites for hydroxylation is 1. The van der Waals surface area contributed by atoms with E-state index in [4.69, 9.17) is 0 Å². The largest absolute Gasteiger partial charge is 0.310 e. The Morgan fingerprint density at radius 2 is 1.85 bits per heavy atom. The zero-order valence-electron chi connectivity index (χ0n) is 15.0. The van der Waals surface area contributed by atoms with Gasteiger partial charge in [-0.1, -0.05) is 18.2 Å². The number of carbonyl (C=O) groups excluding carboxylic acids is 1. The number of para-hydroxylation sites is 1. The molecule has 3 rings (SSSR count). The van der Waals surface area contributed by atoms with E-state index >= 15 is 0 Å². The Bertz CT molecular complexity index is 979. The van der Waals surface area contributed by atoms with Crippen LogP contribution in [0.4, 0.5) is 20.2 Å². The van der Waals surface area contributed by atoms with Gasteiger partial charge >= 0.3 is 0 Å². The number of carbonyl (C=O) groups is 1. The molecule has 0 radical (unpaired) electrons. The molecule has 2 aromatic rings. The molecule has 1 heterocycles. The molecule has 27 heavy (non-hydrogen) atoms. The Hall–Kier alpha value is -2.48. The molecule has 5 nitrogen and oxygen atoms in total. The van der Waals surface area contributed by atoms with Gasteiger partial charge in [0.25, 0.3) is 5.91 Å². The predicted octanol–water partition coefficient (Wildman–Crippen LogP) is 3.10. The molecule has 0 saturated carbocycles. The van der Waals surface area contributed by atoms with Crippen molar-refractivity contribution in [3.8, 4) is 0 Å². The number of hydrogen-bond donors (Lipinski definition) is 0. The SMILES string of the molecule is C[C@@H](C(=O)N1CCCc2ccccc21)N(c1ccc(F)c(F)c1)S(C)(=O)=O. The molecule has 0 bridgehead atoms. The summed E-state index contributed by atoms with van der Waals surface area (Å²) in [5, 5.41) is 0. The monoisotopic (exact) mass is 394 g/mol. The first-order valence-corrected chi connectivity index (χ1v) is 10.4. The lowest BCUT2D eigenvalue weighted by atomic mass is 10.0. The fraction of sp³-hybridized carbons (Fsp3) is 0.316. The van der Waals surface area contributed by atoms with Crippen LogP contribution in [0.3, 0.4) is 0 Å². The van der Waals surface area contributed by atoms with Crippen molar-refractivity contribution in [1.29, 1.82) is 0 Å². The van der Waals surface area contributed by atoms with E-state index in [1.54, 1.807) is 4.90 Å². The van der Waals surface area contributed by atoms with Gasteiger partial charge in [-0.25, -0.2) is 17.2 Å². The van der Waals surface area contributed by atoms with Gasteiger partial charge in [0, 0.05) is 18.3 Å². The van der Waals surface area contributed by atoms with E-state index in [-0.39, 0.29) is 5.69 Å². The third-order valence-corrected chi connectivity index (χ3v) is 5.84.